The van der Waals surface area contributed by atoms with Crippen LogP contribution in [-0.2, 0) is 19.1 Å². The molecular formula is C19H32O4. The molecule has 0 aliphatic carbocycles. The van der Waals surface area contributed by atoms with E-state index in [1.54, 1.807) is 13.0 Å². The minimum Gasteiger partial charge on any atom is -0.460 e. The fourth-order valence-corrected chi connectivity index (χ4v) is 2.98. The van der Waals surface area contributed by atoms with Crippen LogP contribution in [0.15, 0.2) is 11.8 Å². The van der Waals surface area contributed by atoms with Crippen LogP contribution in [0.1, 0.15) is 78.6 Å². The van der Waals surface area contributed by atoms with Gasteiger partial charge in [0.25, 0.3) is 0 Å². The summed E-state index contributed by atoms with van der Waals surface area (Å²) >= 11 is 0. The first kappa shape index (κ1) is 19.7. The molecule has 132 valence electrons. The fourth-order valence-electron chi connectivity index (χ4n) is 2.98. The number of cyclic esters (lactones) is 1. The number of ether oxygens (including phenoxy) is 2. The second-order valence-electron chi connectivity index (χ2n) is 6.40. The lowest BCUT2D eigenvalue weighted by molar-refractivity contribution is -0.156. The summed E-state index contributed by atoms with van der Waals surface area (Å²) in [6.45, 7) is 6.21. The third-order valence-electron chi connectivity index (χ3n) is 4.41. The Balaban J connectivity index is 2.27. The van der Waals surface area contributed by atoms with E-state index in [-0.39, 0.29) is 30.2 Å². The summed E-state index contributed by atoms with van der Waals surface area (Å²) < 4.78 is 10.0. The fraction of sp³-hybridized carbons (Fsp3) is 0.789. The maximum Gasteiger partial charge on any atom is 0.374 e. The molecule has 0 radical (unpaired) electrons. The summed E-state index contributed by atoms with van der Waals surface area (Å²) in [7, 11) is 0. The Morgan fingerprint density at radius 2 is 1.70 bits per heavy atom. The SMILES string of the molecule is CCCCCCCCCC[C@@H]1C(=O)OC(C(=O)OCC)=C[C@@H]1C. The quantitative estimate of drug-likeness (QED) is 0.405. The zero-order valence-electron chi connectivity index (χ0n) is 14.9. The molecule has 23 heavy (non-hydrogen) atoms. The van der Waals surface area contributed by atoms with Crippen LogP contribution in [0.25, 0.3) is 0 Å². The van der Waals surface area contributed by atoms with E-state index in [1.807, 2.05) is 6.92 Å². The third kappa shape index (κ3) is 7.19. The Hall–Kier alpha value is -1.32. The van der Waals surface area contributed by atoms with Gasteiger partial charge in [0.15, 0.2) is 0 Å². The van der Waals surface area contributed by atoms with E-state index in [0.717, 1.165) is 19.3 Å². The molecule has 0 amide bonds. The predicted molar refractivity (Wildman–Crippen MR) is 90.7 cm³/mol. The summed E-state index contributed by atoms with van der Waals surface area (Å²) in [5.41, 5.74) is 0. The minimum atomic E-state index is -0.543. The highest BCUT2D eigenvalue weighted by molar-refractivity contribution is 5.91. The molecule has 4 heteroatoms. The van der Waals surface area contributed by atoms with E-state index in [9.17, 15) is 9.59 Å². The maximum atomic E-state index is 12.1. The van der Waals surface area contributed by atoms with Crippen molar-refractivity contribution in [1.29, 1.82) is 0 Å². The lowest BCUT2D eigenvalue weighted by Gasteiger charge is -2.25. The van der Waals surface area contributed by atoms with Crippen LogP contribution in [0.4, 0.5) is 0 Å². The lowest BCUT2D eigenvalue weighted by Crippen LogP contribution is -2.30. The van der Waals surface area contributed by atoms with Crippen molar-refractivity contribution >= 4 is 11.9 Å². The van der Waals surface area contributed by atoms with Crippen LogP contribution in [0, 0.1) is 11.8 Å². The third-order valence-corrected chi connectivity index (χ3v) is 4.41. The first-order valence-corrected chi connectivity index (χ1v) is 9.20. The first-order valence-electron chi connectivity index (χ1n) is 9.20. The first-order chi connectivity index (χ1) is 11.1. The van der Waals surface area contributed by atoms with Gasteiger partial charge in [0.2, 0.25) is 5.76 Å². The van der Waals surface area contributed by atoms with Crippen LogP contribution in [0.5, 0.6) is 0 Å². The summed E-state index contributed by atoms with van der Waals surface area (Å²) in [4.78, 5) is 23.7. The number of hydrogen-bond donors (Lipinski definition) is 0. The van der Waals surface area contributed by atoms with E-state index >= 15 is 0 Å². The molecule has 0 bridgehead atoms. The van der Waals surface area contributed by atoms with Crippen LogP contribution >= 0.6 is 0 Å². The molecule has 0 saturated carbocycles. The van der Waals surface area contributed by atoms with E-state index < -0.39 is 5.97 Å². The second-order valence-corrected chi connectivity index (χ2v) is 6.40. The van der Waals surface area contributed by atoms with E-state index in [0.29, 0.717) is 0 Å². The molecule has 1 heterocycles. The summed E-state index contributed by atoms with van der Waals surface area (Å²) in [5, 5.41) is 0. The van der Waals surface area contributed by atoms with Gasteiger partial charge in [-0.25, -0.2) is 4.79 Å². The standard InChI is InChI=1S/C19H32O4/c1-4-6-7-8-9-10-11-12-13-16-15(3)14-17(23-18(16)20)19(21)22-5-2/h14-16H,4-13H2,1-3H3/t15-,16-/m0/s1. The smallest absolute Gasteiger partial charge is 0.374 e. The van der Waals surface area contributed by atoms with Crippen molar-refractivity contribution in [2.75, 3.05) is 6.61 Å². The minimum absolute atomic E-state index is 0.0280. The highest BCUT2D eigenvalue weighted by Crippen LogP contribution is 2.29. The normalized spacial score (nSPS) is 20.8. The molecular weight excluding hydrogens is 292 g/mol. The number of carbonyl (C=O) groups is 2. The van der Waals surface area contributed by atoms with E-state index in [4.69, 9.17) is 9.47 Å². The molecule has 0 fully saturated rings. The van der Waals surface area contributed by atoms with Crippen molar-refractivity contribution in [3.8, 4) is 0 Å². The number of allylic oxidation sites excluding steroid dienone is 1. The molecule has 4 nitrogen and oxygen atoms in total. The summed E-state index contributed by atoms with van der Waals surface area (Å²) in [6, 6.07) is 0. The molecule has 0 spiro atoms. The Kier molecular flexibility index (Phi) is 9.65. The van der Waals surface area contributed by atoms with E-state index in [1.165, 1.54) is 38.5 Å². The maximum absolute atomic E-state index is 12.1. The van der Waals surface area contributed by atoms with Crippen LogP contribution in [0.2, 0.25) is 0 Å². The molecule has 0 N–H and O–H groups in total. The largest absolute Gasteiger partial charge is 0.460 e. The van der Waals surface area contributed by atoms with E-state index in [2.05, 4.69) is 6.92 Å². The van der Waals surface area contributed by atoms with Crippen LogP contribution < -0.4 is 0 Å². The zero-order chi connectivity index (χ0) is 17.1. The van der Waals surface area contributed by atoms with Gasteiger partial charge in [0.05, 0.1) is 12.5 Å². The van der Waals surface area contributed by atoms with Gasteiger partial charge in [-0.05, 0) is 25.3 Å². The monoisotopic (exact) mass is 324 g/mol. The number of carbonyl (C=O) groups excluding carboxylic acids is 2. The Morgan fingerprint density at radius 1 is 1.09 bits per heavy atom. The van der Waals surface area contributed by atoms with Gasteiger partial charge in [-0.1, -0.05) is 65.2 Å². The van der Waals surface area contributed by atoms with Crippen molar-refractivity contribution in [3.63, 3.8) is 0 Å². The molecule has 0 aromatic rings. The second kappa shape index (κ2) is 11.3. The highest BCUT2D eigenvalue weighted by Gasteiger charge is 2.33. The average Bonchev–Trinajstić information content (AvgIpc) is 2.52. The average molecular weight is 324 g/mol. The van der Waals surface area contributed by atoms with Crippen LogP contribution in [0.3, 0.4) is 0 Å². The van der Waals surface area contributed by atoms with Gasteiger partial charge >= 0.3 is 11.9 Å². The molecule has 1 rings (SSSR count). The number of hydrogen-bond acceptors (Lipinski definition) is 4. The number of unbranched alkanes of at least 4 members (excludes halogenated alkanes) is 7. The topological polar surface area (TPSA) is 52.6 Å². The van der Waals surface area contributed by atoms with Gasteiger partial charge in [-0.15, -0.1) is 0 Å². The number of rotatable bonds is 11. The summed E-state index contributed by atoms with van der Waals surface area (Å²) in [5.74, 6) is -0.880. The predicted octanol–water partition coefficient (Wildman–Crippen LogP) is 4.77. The molecule has 0 unspecified atom stereocenters. The summed E-state index contributed by atoms with van der Waals surface area (Å²) in [6.07, 6.45) is 12.6. The van der Waals surface area contributed by atoms with Crippen molar-refractivity contribution < 1.29 is 19.1 Å². The molecule has 1 aliphatic rings. The lowest BCUT2D eigenvalue weighted by atomic mass is 9.87. The highest BCUT2D eigenvalue weighted by atomic mass is 16.6. The van der Waals surface area contributed by atoms with Gasteiger partial charge < -0.3 is 9.47 Å². The Bertz CT molecular complexity index is 400. The van der Waals surface area contributed by atoms with Crippen molar-refractivity contribution in [2.45, 2.75) is 78.6 Å². The number of esters is 2. The molecule has 0 saturated heterocycles. The molecule has 2 atom stereocenters. The van der Waals surface area contributed by atoms with Crippen LogP contribution in [-0.4, -0.2) is 18.5 Å². The van der Waals surface area contributed by atoms with Gasteiger partial charge in [0.1, 0.15) is 0 Å². The van der Waals surface area contributed by atoms with Gasteiger partial charge in [-0.3, -0.25) is 4.79 Å². The van der Waals surface area contributed by atoms with Crippen molar-refractivity contribution in [2.24, 2.45) is 11.8 Å². The molecule has 0 aromatic heterocycles. The van der Waals surface area contributed by atoms with Crippen molar-refractivity contribution in [1.82, 2.24) is 0 Å². The van der Waals surface area contributed by atoms with Crippen molar-refractivity contribution in [3.05, 3.63) is 11.8 Å². The van der Waals surface area contributed by atoms with Gasteiger partial charge in [0, 0.05) is 0 Å². The Morgan fingerprint density at radius 3 is 2.26 bits per heavy atom. The molecule has 1 aliphatic heterocycles. The zero-order valence-corrected chi connectivity index (χ0v) is 14.9. The molecule has 0 aromatic carbocycles. The Labute approximate surface area is 140 Å². The van der Waals surface area contributed by atoms with Gasteiger partial charge in [-0.2, -0.15) is 0 Å².